The average Bonchev–Trinajstić information content (AvgIpc) is 3.18. The number of hydrogen-bond acceptors (Lipinski definition) is 9. The topological polar surface area (TPSA) is 103 Å². The third-order valence-electron chi connectivity index (χ3n) is 9.42. The van der Waals surface area contributed by atoms with E-state index < -0.39 is 30.2 Å². The van der Waals surface area contributed by atoms with Gasteiger partial charge in [0.05, 0.1) is 19.3 Å². The lowest BCUT2D eigenvalue weighted by atomic mass is 9.96. The Morgan fingerprint density at radius 1 is 0.907 bits per heavy atom. The Kier molecular flexibility index (Phi) is 15.0. The van der Waals surface area contributed by atoms with Crippen molar-refractivity contribution < 1.29 is 37.2 Å². The summed E-state index contributed by atoms with van der Waals surface area (Å²) in [5, 5.41) is 10.2. The van der Waals surface area contributed by atoms with Crippen LogP contribution >= 0.6 is 0 Å². The molecule has 3 atom stereocenters. The molecule has 3 N–H and O–H groups in total. The number of aromatic nitrogens is 1. The highest BCUT2D eigenvalue weighted by molar-refractivity contribution is 5.48. The van der Waals surface area contributed by atoms with Gasteiger partial charge in [-0.2, -0.15) is 13.2 Å². The molecule has 0 bridgehead atoms. The molecule has 0 aliphatic carbocycles. The van der Waals surface area contributed by atoms with Crippen LogP contribution in [0.5, 0.6) is 23.1 Å². The quantitative estimate of drug-likeness (QED) is 0.124. The monoisotopic (exact) mass is 750 g/mol. The van der Waals surface area contributed by atoms with Crippen molar-refractivity contribution in [2.24, 2.45) is 5.73 Å². The van der Waals surface area contributed by atoms with Crippen LogP contribution in [-0.2, 0) is 17.3 Å². The number of aryl methyl sites for hydroxylation is 1. The molecule has 0 spiro atoms. The van der Waals surface area contributed by atoms with Gasteiger partial charge < -0.3 is 34.7 Å². The van der Waals surface area contributed by atoms with Gasteiger partial charge in [-0.3, -0.25) is 4.90 Å². The van der Waals surface area contributed by atoms with Crippen LogP contribution in [0, 0.1) is 6.92 Å². The number of rotatable bonds is 14. The predicted molar refractivity (Wildman–Crippen MR) is 205 cm³/mol. The highest BCUT2D eigenvalue weighted by Gasteiger charge is 2.36. The Balaban J connectivity index is 0.00000276. The molecule has 2 saturated heterocycles. The molecule has 2 aliphatic rings. The average molecular weight is 751 g/mol. The van der Waals surface area contributed by atoms with Crippen molar-refractivity contribution in [2.75, 3.05) is 57.4 Å². The highest BCUT2D eigenvalue weighted by Crippen LogP contribution is 2.34. The maximum atomic E-state index is 13.2. The van der Waals surface area contributed by atoms with Crippen LogP contribution in [0.4, 0.5) is 18.9 Å². The first-order chi connectivity index (χ1) is 26.1. The van der Waals surface area contributed by atoms with E-state index >= 15 is 0 Å². The Morgan fingerprint density at radius 3 is 2.31 bits per heavy atom. The summed E-state index contributed by atoms with van der Waals surface area (Å²) in [6.45, 7) is 12.2. The minimum atomic E-state index is -4.58. The first-order valence-corrected chi connectivity index (χ1v) is 18.9. The molecule has 2 fully saturated rings. The largest absolute Gasteiger partial charge is 0.494 e. The molecule has 1 aromatic heterocycles. The Morgan fingerprint density at radius 2 is 1.63 bits per heavy atom. The standard InChI is InChI=1S/C40H47F3N4O5.C2H6/c1-28-25-29(17-18-44)7-16-35(28)51-34-14-12-33(13-15-34)49-24-3-2-19-46-20-22-47(23-21-46)31-10-8-30(9-11-31)39-36(26-32(48)27-50-39)52-38-6-4-5-37(45-38)40(41,42)43;1-2/h4-16,25,32,36,39,48H,2-3,17-24,26-27,44H2,1H3;1-2H3/t32-,36-,39+;/m1./s1. The molecule has 0 radical (unpaired) electrons. The summed E-state index contributed by atoms with van der Waals surface area (Å²) < 4.78 is 63.4. The summed E-state index contributed by atoms with van der Waals surface area (Å²) in [4.78, 5) is 8.45. The lowest BCUT2D eigenvalue weighted by molar-refractivity contribution is -0.142. The van der Waals surface area contributed by atoms with Gasteiger partial charge in [0.1, 0.15) is 35.2 Å². The second kappa shape index (κ2) is 19.8. The number of ether oxygens (including phenoxy) is 4. The number of piperazine rings is 1. The van der Waals surface area contributed by atoms with E-state index in [-0.39, 0.29) is 18.9 Å². The molecule has 2 aliphatic heterocycles. The van der Waals surface area contributed by atoms with Crippen LogP contribution < -0.4 is 24.8 Å². The molecule has 12 heteroatoms. The van der Waals surface area contributed by atoms with Gasteiger partial charge in [-0.1, -0.05) is 44.2 Å². The zero-order valence-electron chi connectivity index (χ0n) is 31.4. The molecule has 3 aromatic carbocycles. The van der Waals surface area contributed by atoms with Gasteiger partial charge in [0.15, 0.2) is 0 Å². The molecule has 9 nitrogen and oxygen atoms in total. The van der Waals surface area contributed by atoms with Crippen molar-refractivity contribution in [3.8, 4) is 23.1 Å². The number of benzene rings is 3. The molecule has 54 heavy (non-hydrogen) atoms. The molecular weight excluding hydrogens is 697 g/mol. The van der Waals surface area contributed by atoms with Crippen molar-refractivity contribution in [3.63, 3.8) is 0 Å². The normalized spacial score (nSPS) is 19.1. The fourth-order valence-electron chi connectivity index (χ4n) is 6.61. The van der Waals surface area contributed by atoms with E-state index in [0.29, 0.717) is 13.2 Å². The summed E-state index contributed by atoms with van der Waals surface area (Å²) in [6.07, 6.45) is -3.54. The molecule has 6 rings (SSSR count). The summed E-state index contributed by atoms with van der Waals surface area (Å²) >= 11 is 0. The number of anilines is 1. The molecule has 0 amide bonds. The number of nitrogens with zero attached hydrogens (tertiary/aromatic N) is 3. The third kappa shape index (κ3) is 11.6. The first-order valence-electron chi connectivity index (χ1n) is 18.9. The first kappa shape index (κ1) is 40.8. The van der Waals surface area contributed by atoms with Crippen molar-refractivity contribution in [1.82, 2.24) is 9.88 Å². The van der Waals surface area contributed by atoms with Crippen LogP contribution in [0.1, 0.15) is 61.6 Å². The Bertz CT molecular complexity index is 1720. The molecule has 4 aromatic rings. The number of aliphatic hydroxyl groups is 1. The van der Waals surface area contributed by atoms with Crippen LogP contribution in [-0.4, -0.2) is 79.7 Å². The second-order valence-electron chi connectivity index (χ2n) is 13.3. The van der Waals surface area contributed by atoms with E-state index in [1.807, 2.05) is 75.4 Å². The van der Waals surface area contributed by atoms with E-state index in [0.717, 1.165) is 92.1 Å². The van der Waals surface area contributed by atoms with Gasteiger partial charge in [-0.05, 0) is 104 Å². The maximum Gasteiger partial charge on any atom is 0.433 e. The fourth-order valence-corrected chi connectivity index (χ4v) is 6.61. The fraction of sp³-hybridized carbons (Fsp3) is 0.452. The van der Waals surface area contributed by atoms with Crippen LogP contribution in [0.2, 0.25) is 0 Å². The van der Waals surface area contributed by atoms with E-state index in [1.165, 1.54) is 17.7 Å². The number of unbranched alkanes of at least 4 members (excludes halogenated alkanes) is 1. The molecular formula is C42H53F3N4O5. The third-order valence-corrected chi connectivity index (χ3v) is 9.42. The van der Waals surface area contributed by atoms with E-state index in [2.05, 4.69) is 26.9 Å². The zero-order chi connectivity index (χ0) is 38.5. The van der Waals surface area contributed by atoms with Gasteiger partial charge in [0.2, 0.25) is 5.88 Å². The number of nitrogens with two attached hydrogens (primary N) is 1. The predicted octanol–water partition coefficient (Wildman–Crippen LogP) is 7.98. The lowest BCUT2D eigenvalue weighted by Crippen LogP contribution is -2.46. The summed E-state index contributed by atoms with van der Waals surface area (Å²) in [7, 11) is 0. The molecule has 3 heterocycles. The van der Waals surface area contributed by atoms with Crippen molar-refractivity contribution in [2.45, 2.75) is 70.9 Å². The minimum Gasteiger partial charge on any atom is -0.494 e. The molecule has 292 valence electrons. The smallest absolute Gasteiger partial charge is 0.433 e. The van der Waals surface area contributed by atoms with Gasteiger partial charge in [0, 0.05) is 44.4 Å². The number of hydrogen-bond donors (Lipinski definition) is 2. The molecule has 0 unspecified atom stereocenters. The van der Waals surface area contributed by atoms with Crippen LogP contribution in [0.3, 0.4) is 0 Å². The minimum absolute atomic E-state index is 0.116. The Labute approximate surface area is 316 Å². The summed E-state index contributed by atoms with van der Waals surface area (Å²) in [6, 6.07) is 25.4. The highest BCUT2D eigenvalue weighted by atomic mass is 19.4. The van der Waals surface area contributed by atoms with Gasteiger partial charge in [-0.25, -0.2) is 4.98 Å². The summed E-state index contributed by atoms with van der Waals surface area (Å²) in [5.74, 6) is 2.27. The van der Waals surface area contributed by atoms with E-state index in [1.54, 1.807) is 0 Å². The zero-order valence-corrected chi connectivity index (χ0v) is 31.4. The SMILES string of the molecule is CC.Cc1cc(CCN)ccc1Oc1ccc(OCCCCN2CCN(c3ccc([C@@H]4OC[C@H](O)C[C@H]4Oc4cccc(C(F)(F)F)n4)cc3)CC2)cc1. The summed E-state index contributed by atoms with van der Waals surface area (Å²) in [5.41, 5.74) is 8.85. The number of pyridine rings is 1. The number of alkyl halides is 3. The Hall–Kier alpha value is -4.36. The second-order valence-corrected chi connectivity index (χ2v) is 13.3. The van der Waals surface area contributed by atoms with Crippen molar-refractivity contribution in [1.29, 1.82) is 0 Å². The van der Waals surface area contributed by atoms with E-state index in [9.17, 15) is 18.3 Å². The lowest BCUT2D eigenvalue weighted by Gasteiger charge is -2.37. The van der Waals surface area contributed by atoms with Gasteiger partial charge in [0.25, 0.3) is 0 Å². The number of aliphatic hydroxyl groups excluding tert-OH is 1. The molecule has 0 saturated carbocycles. The van der Waals surface area contributed by atoms with Gasteiger partial charge in [-0.15, -0.1) is 0 Å². The van der Waals surface area contributed by atoms with E-state index in [4.69, 9.17) is 24.7 Å². The maximum absolute atomic E-state index is 13.2. The van der Waals surface area contributed by atoms with Crippen molar-refractivity contribution >= 4 is 5.69 Å². The van der Waals surface area contributed by atoms with Crippen LogP contribution in [0.15, 0.2) is 84.9 Å². The van der Waals surface area contributed by atoms with Crippen LogP contribution in [0.25, 0.3) is 0 Å². The van der Waals surface area contributed by atoms with Gasteiger partial charge >= 0.3 is 6.18 Å². The number of halogens is 3. The van der Waals surface area contributed by atoms with Crippen molar-refractivity contribution in [3.05, 3.63) is 107 Å².